The number of Topliss-reactive ketones (excluding diaryl/α,β-unsaturated/α-hetero) is 1. The summed E-state index contributed by atoms with van der Waals surface area (Å²) in [6, 6.07) is 6.98. The molecule has 2 aromatic rings. The number of aromatic hydroxyl groups is 1. The van der Waals surface area contributed by atoms with E-state index in [0.29, 0.717) is 34.7 Å². The van der Waals surface area contributed by atoms with Crippen LogP contribution in [0.1, 0.15) is 65.5 Å². The van der Waals surface area contributed by atoms with Gasteiger partial charge in [0, 0.05) is 29.2 Å². The number of aromatic carboxylic acids is 1. The van der Waals surface area contributed by atoms with Crippen LogP contribution in [0.3, 0.4) is 0 Å². The van der Waals surface area contributed by atoms with Crippen molar-refractivity contribution in [3.05, 3.63) is 80.2 Å². The van der Waals surface area contributed by atoms with Gasteiger partial charge in [0.05, 0.1) is 28.8 Å². The summed E-state index contributed by atoms with van der Waals surface area (Å²) in [7, 11) is 0. The maximum Gasteiger partial charge on any atom is 0.236 e. The minimum atomic E-state index is -2.50. The predicted octanol–water partition coefficient (Wildman–Crippen LogP) is -0.585. The summed E-state index contributed by atoms with van der Waals surface area (Å²) in [6.07, 6.45) is -3.22. The lowest BCUT2D eigenvalue weighted by Crippen LogP contribution is -3.09. The van der Waals surface area contributed by atoms with Gasteiger partial charge in [0.1, 0.15) is 29.6 Å². The molecule has 0 bridgehead atoms. The molecule has 7 atom stereocenters. The molecule has 41 heavy (non-hydrogen) atoms. The van der Waals surface area contributed by atoms with Crippen LogP contribution in [-0.2, 0) is 10.3 Å². The van der Waals surface area contributed by atoms with Gasteiger partial charge in [0.2, 0.25) is 6.29 Å². The summed E-state index contributed by atoms with van der Waals surface area (Å²) in [4.78, 5) is 40.2. The van der Waals surface area contributed by atoms with Crippen molar-refractivity contribution < 1.29 is 49.5 Å². The number of hydrogen-bond donors (Lipinski definition) is 5. The fraction of sp³-hybridized carbons (Fsp3) is 0.367. The molecule has 11 nitrogen and oxygen atoms in total. The van der Waals surface area contributed by atoms with Gasteiger partial charge in [0.25, 0.3) is 0 Å². The number of aliphatic hydroxyl groups excluding tert-OH is 2. The molecule has 0 spiro atoms. The average Bonchev–Trinajstić information content (AvgIpc) is 3.34. The topological polar surface area (TPSA) is 178 Å². The molecular weight excluding hydrogens is 534 g/mol. The van der Waals surface area contributed by atoms with E-state index < -0.39 is 70.5 Å². The van der Waals surface area contributed by atoms with Gasteiger partial charge >= 0.3 is 0 Å². The van der Waals surface area contributed by atoms with Gasteiger partial charge in [0.15, 0.2) is 28.3 Å². The lowest BCUT2D eigenvalue weighted by molar-refractivity contribution is -0.812. The van der Waals surface area contributed by atoms with Gasteiger partial charge in [-0.1, -0.05) is 19.1 Å². The van der Waals surface area contributed by atoms with Crippen LogP contribution in [0, 0.1) is 0 Å². The molecule has 0 saturated carbocycles. The largest absolute Gasteiger partial charge is 0.545 e. The third-order valence-corrected chi connectivity index (χ3v) is 8.49. The predicted molar refractivity (Wildman–Crippen MR) is 140 cm³/mol. The van der Waals surface area contributed by atoms with Crippen molar-refractivity contribution >= 4 is 23.0 Å². The van der Waals surface area contributed by atoms with E-state index in [1.165, 1.54) is 13.0 Å². The molecule has 2 unspecified atom stereocenters. The number of ether oxygens (including phenoxy) is 2. The van der Waals surface area contributed by atoms with Crippen molar-refractivity contribution in [1.82, 2.24) is 0 Å². The van der Waals surface area contributed by atoms with Crippen molar-refractivity contribution in [2.24, 2.45) is 0 Å². The van der Waals surface area contributed by atoms with Gasteiger partial charge in [-0.15, -0.1) is 0 Å². The Bertz CT molecular complexity index is 1640. The standard InChI is InChI=1S/C30H29NO10/c1-4-7-18-21-15(10-12(2)31(18)17-9-6-5-8-14(17)28(37)38)20-16(24(21)34)11-19(32)22-26(25(20)35)41-29-30(22,39)27(36)23(33)13(3)40-29/h5-6,8-13,23,27,29,33,35-36,39H,4,7H2,1-3H3,(H,37,38)/t12?,13-,23+,27+,29-,30+/m0/s1. The molecular formula is C30H29NO10. The number of carbonyl (C=O) groups excluding carboxylic acids is 2. The Morgan fingerprint density at radius 1 is 1.17 bits per heavy atom. The van der Waals surface area contributed by atoms with Crippen LogP contribution in [-0.4, -0.2) is 62.8 Å². The lowest BCUT2D eigenvalue weighted by atomic mass is 9.82. The highest BCUT2D eigenvalue weighted by Crippen LogP contribution is 2.54. The van der Waals surface area contributed by atoms with Crippen LogP contribution < -0.4 is 20.2 Å². The van der Waals surface area contributed by atoms with Crippen LogP contribution in [0.2, 0.25) is 0 Å². The molecule has 0 aromatic heterocycles. The van der Waals surface area contributed by atoms with E-state index in [1.54, 1.807) is 24.3 Å². The normalized spacial score (nSPS) is 31.6. The molecule has 0 amide bonds. The summed E-state index contributed by atoms with van der Waals surface area (Å²) in [5, 5.41) is 56.2. The van der Waals surface area contributed by atoms with Crippen LogP contribution in [0.5, 0.6) is 11.5 Å². The first-order chi connectivity index (χ1) is 19.4. The first-order valence-corrected chi connectivity index (χ1v) is 13.5. The van der Waals surface area contributed by atoms with E-state index in [0.717, 1.165) is 6.07 Å². The number of fused-ring (bicyclic) bond motifs is 6. The number of quaternary nitrogens is 1. The highest BCUT2D eigenvalue weighted by atomic mass is 16.7. The zero-order valence-corrected chi connectivity index (χ0v) is 22.5. The Balaban J connectivity index is 1.59. The number of carboxylic acids is 1. The summed E-state index contributed by atoms with van der Waals surface area (Å²) in [5.74, 6) is -2.94. The highest BCUT2D eigenvalue weighted by molar-refractivity contribution is 6.28. The van der Waals surface area contributed by atoms with Crippen LogP contribution >= 0.6 is 0 Å². The second-order valence-electron chi connectivity index (χ2n) is 11.0. The van der Waals surface area contributed by atoms with E-state index in [9.17, 15) is 39.9 Å². The summed E-state index contributed by atoms with van der Waals surface area (Å²) >= 11 is 0. The first-order valence-electron chi connectivity index (χ1n) is 13.5. The Labute approximate surface area is 234 Å². The van der Waals surface area contributed by atoms with Crippen molar-refractivity contribution in [3.8, 4) is 11.5 Å². The number of hydrogen-bond acceptors (Lipinski definition) is 10. The minimum absolute atomic E-state index is 0.0171. The van der Waals surface area contributed by atoms with Crippen molar-refractivity contribution in [2.45, 2.75) is 69.9 Å². The smallest absolute Gasteiger partial charge is 0.236 e. The van der Waals surface area contributed by atoms with Gasteiger partial charge in [-0.2, -0.15) is 0 Å². The number of ketones is 1. The number of nitrogens with one attached hydrogen (secondary N) is 1. The molecule has 5 N–H and O–H groups in total. The Kier molecular flexibility index (Phi) is 6.21. The molecule has 3 aliphatic heterocycles. The Morgan fingerprint density at radius 2 is 1.88 bits per heavy atom. The maximum absolute atomic E-state index is 14.0. The molecule has 6 rings (SSSR count). The molecule has 4 aliphatic rings. The molecule has 214 valence electrons. The zero-order chi connectivity index (χ0) is 29.5. The number of rotatable bonds is 4. The van der Waals surface area contributed by atoms with E-state index in [2.05, 4.69) is 0 Å². The quantitative estimate of drug-likeness (QED) is 0.323. The monoisotopic (exact) mass is 563 g/mol. The Hall–Kier alpha value is -3.87. The van der Waals surface area contributed by atoms with Crippen LogP contribution in [0.25, 0.3) is 5.57 Å². The summed E-state index contributed by atoms with van der Waals surface area (Å²) in [6.45, 7) is 5.22. The molecule has 3 heterocycles. The van der Waals surface area contributed by atoms with E-state index in [-0.39, 0.29) is 22.3 Å². The van der Waals surface area contributed by atoms with E-state index in [1.807, 2.05) is 13.8 Å². The zero-order valence-electron chi connectivity index (χ0n) is 22.5. The Morgan fingerprint density at radius 3 is 2.56 bits per heavy atom. The van der Waals surface area contributed by atoms with E-state index in [4.69, 9.17) is 9.47 Å². The number of para-hydroxylation sites is 1. The van der Waals surface area contributed by atoms with E-state index >= 15 is 0 Å². The molecule has 1 fully saturated rings. The lowest BCUT2D eigenvalue weighted by Gasteiger charge is -2.42. The maximum atomic E-state index is 14.0. The molecule has 1 aliphatic carbocycles. The molecule has 11 heteroatoms. The van der Waals surface area contributed by atoms with Crippen LogP contribution in [0.4, 0.5) is 5.69 Å². The second kappa shape index (κ2) is 9.33. The number of aliphatic hydroxyl groups is 3. The second-order valence-corrected chi connectivity index (χ2v) is 11.0. The SMILES string of the molecule is CCCC1=C2C(=O)c3cc(=O)c4c(c(O)c3C2=CC(C)[NH+]1c1ccccc1C(=O)[O-])O[C@@H]1O[C@@H](C)[C@@H](O)[C@@H](O)[C@]41O. The first kappa shape index (κ1) is 27.3. The summed E-state index contributed by atoms with van der Waals surface area (Å²) in [5.41, 5.74) is -2.40. The molecule has 0 radical (unpaired) electrons. The van der Waals surface area contributed by atoms with Gasteiger partial charge < -0.3 is 39.8 Å². The van der Waals surface area contributed by atoms with Crippen molar-refractivity contribution in [2.75, 3.05) is 0 Å². The third kappa shape index (κ3) is 3.60. The highest BCUT2D eigenvalue weighted by Gasteiger charge is 2.63. The van der Waals surface area contributed by atoms with Crippen molar-refractivity contribution in [1.29, 1.82) is 0 Å². The number of allylic oxidation sites excluding steroid dienone is 3. The van der Waals surface area contributed by atoms with Crippen molar-refractivity contribution in [3.63, 3.8) is 0 Å². The summed E-state index contributed by atoms with van der Waals surface area (Å²) < 4.78 is 11.3. The number of carbonyl (C=O) groups is 2. The number of benzene rings is 1. The average molecular weight is 564 g/mol. The number of carboxylic acid groups (broad SMARTS) is 1. The van der Waals surface area contributed by atoms with Crippen LogP contribution in [0.15, 0.2) is 52.5 Å². The van der Waals surface area contributed by atoms with Gasteiger partial charge in [-0.25, -0.2) is 0 Å². The van der Waals surface area contributed by atoms with Gasteiger partial charge in [-0.05, 0) is 38.5 Å². The third-order valence-electron chi connectivity index (χ3n) is 8.49. The molecule has 1 saturated heterocycles. The fourth-order valence-electron chi connectivity index (χ4n) is 6.62. The minimum Gasteiger partial charge on any atom is -0.545 e. The fourth-order valence-corrected chi connectivity index (χ4v) is 6.62. The van der Waals surface area contributed by atoms with Gasteiger partial charge in [-0.3, -0.25) is 14.5 Å². The molecule has 2 aromatic carbocycles.